The first-order chi connectivity index (χ1) is 4.43. The standard InChI is InChI=1S/C8H10O.3H2O.W/c9-7-6-8-4-2-1-3-5-8;;;;/h1-5,9H,6-7H2;3*1H2;/p-1. The SMILES string of the molecule is O.O.OCCc1ccccc1.[OH-].[W]. The summed E-state index contributed by atoms with van der Waals surface area (Å²) in [6.45, 7) is 0.240. The van der Waals surface area contributed by atoms with E-state index in [-0.39, 0.29) is 44.1 Å². The molecule has 0 aromatic heterocycles. The van der Waals surface area contributed by atoms with Gasteiger partial charge in [-0.1, -0.05) is 30.3 Å². The van der Waals surface area contributed by atoms with Gasteiger partial charge in [-0.2, -0.15) is 0 Å². The van der Waals surface area contributed by atoms with Crippen LogP contribution in [0, 0.1) is 0 Å². The third kappa shape index (κ3) is 9.66. The molecule has 0 radical (unpaired) electrons. The van der Waals surface area contributed by atoms with Gasteiger partial charge in [0, 0.05) is 27.7 Å². The molecule has 0 bridgehead atoms. The second kappa shape index (κ2) is 14.3. The Balaban J connectivity index is -0.000000101. The molecule has 6 N–H and O–H groups in total. The van der Waals surface area contributed by atoms with Crippen molar-refractivity contribution in [1.82, 2.24) is 0 Å². The Morgan fingerprint density at radius 3 is 1.85 bits per heavy atom. The van der Waals surface area contributed by atoms with Gasteiger partial charge in [0.1, 0.15) is 0 Å². The first-order valence-corrected chi connectivity index (χ1v) is 3.08. The van der Waals surface area contributed by atoms with Crippen molar-refractivity contribution in [1.29, 1.82) is 0 Å². The van der Waals surface area contributed by atoms with Crippen LogP contribution in [0.3, 0.4) is 0 Å². The van der Waals surface area contributed by atoms with E-state index in [0.717, 1.165) is 6.42 Å². The molecule has 5 heteroatoms. The van der Waals surface area contributed by atoms with E-state index in [0.29, 0.717) is 0 Å². The topological polar surface area (TPSA) is 113 Å². The molecule has 0 unspecified atom stereocenters. The average Bonchev–Trinajstić information content (AvgIpc) is 1.91. The Morgan fingerprint density at radius 2 is 1.46 bits per heavy atom. The van der Waals surface area contributed by atoms with E-state index in [9.17, 15) is 0 Å². The number of hydrogen-bond acceptors (Lipinski definition) is 2. The van der Waals surface area contributed by atoms with Gasteiger partial charge in [0.2, 0.25) is 0 Å². The van der Waals surface area contributed by atoms with Crippen LogP contribution < -0.4 is 0 Å². The second-order valence-electron chi connectivity index (χ2n) is 1.96. The van der Waals surface area contributed by atoms with E-state index in [1.54, 1.807) is 0 Å². The van der Waals surface area contributed by atoms with E-state index >= 15 is 0 Å². The first-order valence-electron chi connectivity index (χ1n) is 3.08. The molecule has 78 valence electrons. The molecule has 0 spiro atoms. The van der Waals surface area contributed by atoms with Crippen LogP contribution in [0.2, 0.25) is 0 Å². The van der Waals surface area contributed by atoms with Gasteiger partial charge < -0.3 is 21.5 Å². The Labute approximate surface area is 91.8 Å². The molecule has 1 aromatic carbocycles. The van der Waals surface area contributed by atoms with Gasteiger partial charge in [0.25, 0.3) is 0 Å². The molecule has 13 heavy (non-hydrogen) atoms. The Hall–Kier alpha value is -0.252. The summed E-state index contributed by atoms with van der Waals surface area (Å²) in [4.78, 5) is 0. The zero-order valence-electron chi connectivity index (χ0n) is 7.10. The molecule has 0 amide bonds. The number of rotatable bonds is 2. The van der Waals surface area contributed by atoms with E-state index in [1.807, 2.05) is 30.3 Å². The fraction of sp³-hybridized carbons (Fsp3) is 0.250. The predicted octanol–water partition coefficient (Wildman–Crippen LogP) is -0.607. The Bertz CT molecular complexity index is 169. The zero-order chi connectivity index (χ0) is 6.53. The minimum Gasteiger partial charge on any atom is -0.870 e. The van der Waals surface area contributed by atoms with Crippen LogP contribution in [-0.2, 0) is 27.5 Å². The summed E-state index contributed by atoms with van der Waals surface area (Å²) >= 11 is 0. The zero-order valence-corrected chi connectivity index (χ0v) is 10.0. The monoisotopic (exact) mass is 359 g/mol. The molecule has 0 saturated carbocycles. The normalized spacial score (nSPS) is 6.54. The quantitative estimate of drug-likeness (QED) is 0.760. The number of benzene rings is 1. The molecule has 1 rings (SSSR count). The van der Waals surface area contributed by atoms with Gasteiger partial charge in [-0.05, 0) is 12.0 Å². The van der Waals surface area contributed by atoms with Crippen molar-refractivity contribution in [2.24, 2.45) is 0 Å². The number of aliphatic hydroxyl groups excluding tert-OH is 1. The van der Waals surface area contributed by atoms with Gasteiger partial charge in [0.15, 0.2) is 0 Å². The molecule has 4 nitrogen and oxygen atoms in total. The van der Waals surface area contributed by atoms with E-state index in [1.165, 1.54) is 5.56 Å². The number of aliphatic hydroxyl groups is 1. The van der Waals surface area contributed by atoms with Crippen LogP contribution in [0.5, 0.6) is 0 Å². The van der Waals surface area contributed by atoms with Crippen LogP contribution in [0.25, 0.3) is 0 Å². The summed E-state index contributed by atoms with van der Waals surface area (Å²) in [5, 5.41) is 8.52. The van der Waals surface area contributed by atoms with Crippen molar-refractivity contribution in [3.05, 3.63) is 35.9 Å². The Kier molecular flexibility index (Phi) is 25.3. The average molecular weight is 359 g/mol. The van der Waals surface area contributed by atoms with Crippen molar-refractivity contribution >= 4 is 0 Å². The van der Waals surface area contributed by atoms with E-state index < -0.39 is 0 Å². The summed E-state index contributed by atoms with van der Waals surface area (Å²) in [6, 6.07) is 9.95. The summed E-state index contributed by atoms with van der Waals surface area (Å²) in [5.74, 6) is 0. The van der Waals surface area contributed by atoms with E-state index in [4.69, 9.17) is 5.11 Å². The van der Waals surface area contributed by atoms with Gasteiger partial charge >= 0.3 is 0 Å². The molecule has 0 aliphatic carbocycles. The summed E-state index contributed by atoms with van der Waals surface area (Å²) in [6.07, 6.45) is 0.765. The van der Waals surface area contributed by atoms with Crippen LogP contribution in [0.4, 0.5) is 0 Å². The second-order valence-corrected chi connectivity index (χ2v) is 1.96. The minimum absolute atomic E-state index is 0. The molecule has 0 atom stereocenters. The maximum atomic E-state index is 8.52. The van der Waals surface area contributed by atoms with Gasteiger partial charge in [-0.15, -0.1) is 0 Å². The molecule has 0 aliphatic heterocycles. The van der Waals surface area contributed by atoms with Crippen molar-refractivity contribution in [2.75, 3.05) is 6.61 Å². The third-order valence-corrected chi connectivity index (χ3v) is 1.24. The largest absolute Gasteiger partial charge is 0.870 e. The van der Waals surface area contributed by atoms with Gasteiger partial charge in [-0.3, -0.25) is 0 Å². The van der Waals surface area contributed by atoms with Gasteiger partial charge in [-0.25, -0.2) is 0 Å². The summed E-state index contributed by atoms with van der Waals surface area (Å²) < 4.78 is 0. The van der Waals surface area contributed by atoms with Crippen molar-refractivity contribution in [3.8, 4) is 0 Å². The fourth-order valence-corrected chi connectivity index (χ4v) is 0.774. The molecule has 1 aromatic rings. The molecular formula is C8H15O4W-. The minimum atomic E-state index is 0. The van der Waals surface area contributed by atoms with Crippen molar-refractivity contribution in [2.45, 2.75) is 6.42 Å². The molecular weight excluding hydrogens is 344 g/mol. The maximum absolute atomic E-state index is 8.52. The number of hydrogen-bond donors (Lipinski definition) is 1. The maximum Gasteiger partial charge on any atom is 0.0471 e. The third-order valence-electron chi connectivity index (χ3n) is 1.24. The van der Waals surface area contributed by atoms with Crippen LogP contribution in [0.15, 0.2) is 30.3 Å². The van der Waals surface area contributed by atoms with Crippen LogP contribution in [-0.4, -0.2) is 28.1 Å². The first kappa shape index (κ1) is 23.0. The summed E-state index contributed by atoms with van der Waals surface area (Å²) in [5.41, 5.74) is 1.19. The molecule has 0 heterocycles. The predicted molar refractivity (Wildman–Crippen MR) is 46.4 cm³/mol. The summed E-state index contributed by atoms with van der Waals surface area (Å²) in [7, 11) is 0. The van der Waals surface area contributed by atoms with E-state index in [2.05, 4.69) is 0 Å². The molecule has 0 saturated heterocycles. The van der Waals surface area contributed by atoms with Gasteiger partial charge in [0.05, 0.1) is 0 Å². The molecule has 0 aliphatic rings. The molecule has 0 fully saturated rings. The van der Waals surface area contributed by atoms with Crippen LogP contribution in [0.1, 0.15) is 5.56 Å². The van der Waals surface area contributed by atoms with Crippen molar-refractivity contribution < 1.29 is 42.6 Å². The van der Waals surface area contributed by atoms with Crippen LogP contribution >= 0.6 is 0 Å². The fourth-order valence-electron chi connectivity index (χ4n) is 0.774. The Morgan fingerprint density at radius 1 is 1.00 bits per heavy atom. The van der Waals surface area contributed by atoms with Crippen molar-refractivity contribution in [3.63, 3.8) is 0 Å². The smallest absolute Gasteiger partial charge is 0.0471 e.